The van der Waals surface area contributed by atoms with Crippen molar-refractivity contribution in [2.45, 2.75) is 45.0 Å². The van der Waals surface area contributed by atoms with E-state index in [1.165, 1.54) is 0 Å². The molecule has 7 nitrogen and oxygen atoms in total. The Labute approximate surface area is 159 Å². The Hall–Kier alpha value is -2.67. The number of carbonyl (C=O) groups excluding carboxylic acids is 2. The lowest BCUT2D eigenvalue weighted by Crippen LogP contribution is -2.56. The van der Waals surface area contributed by atoms with Crippen LogP contribution in [0.1, 0.15) is 31.9 Å². The average molecular weight is 370 g/mol. The van der Waals surface area contributed by atoms with E-state index in [4.69, 9.17) is 4.74 Å². The molecule has 2 atom stereocenters. The molecule has 2 heterocycles. The van der Waals surface area contributed by atoms with Crippen molar-refractivity contribution in [1.29, 1.82) is 0 Å². The molecule has 0 radical (unpaired) electrons. The number of ether oxygens (including phenoxy) is 1. The molecule has 1 fully saturated rings. The minimum absolute atomic E-state index is 0.0262. The Kier molecular flexibility index (Phi) is 6.24. The lowest BCUT2D eigenvalue weighted by molar-refractivity contribution is -0.167. The fourth-order valence-corrected chi connectivity index (χ4v) is 3.43. The smallest absolute Gasteiger partial charge is 0.251 e. The first-order chi connectivity index (χ1) is 13.1. The summed E-state index contributed by atoms with van der Waals surface area (Å²) in [5, 5.41) is 7.09. The van der Waals surface area contributed by atoms with E-state index < -0.39 is 12.1 Å². The second kappa shape index (κ2) is 8.81. The number of morpholine rings is 1. The molecule has 27 heavy (non-hydrogen) atoms. The van der Waals surface area contributed by atoms with Gasteiger partial charge in [-0.3, -0.25) is 14.3 Å². The van der Waals surface area contributed by atoms with E-state index in [1.807, 2.05) is 61.1 Å². The molecule has 2 amide bonds. The number of nitrogens with zero attached hydrogens (tertiary/aromatic N) is 3. The van der Waals surface area contributed by atoms with Crippen LogP contribution in [-0.2, 0) is 20.9 Å². The summed E-state index contributed by atoms with van der Waals surface area (Å²) >= 11 is 0. The van der Waals surface area contributed by atoms with Crippen molar-refractivity contribution in [2.24, 2.45) is 0 Å². The summed E-state index contributed by atoms with van der Waals surface area (Å²) in [6, 6.07) is 11.0. The molecule has 2 aromatic rings. The topological polar surface area (TPSA) is 76.5 Å². The van der Waals surface area contributed by atoms with Crippen LogP contribution >= 0.6 is 0 Å². The minimum Gasteiger partial charge on any atom is -0.356 e. The van der Waals surface area contributed by atoms with E-state index in [1.54, 1.807) is 11.1 Å². The van der Waals surface area contributed by atoms with Crippen LogP contribution in [0.5, 0.6) is 0 Å². The zero-order valence-electron chi connectivity index (χ0n) is 15.7. The zero-order valence-corrected chi connectivity index (χ0v) is 15.7. The lowest BCUT2D eigenvalue weighted by Gasteiger charge is -2.42. The molecule has 1 aliphatic rings. The van der Waals surface area contributed by atoms with Gasteiger partial charge in [0.2, 0.25) is 5.91 Å². The van der Waals surface area contributed by atoms with Crippen molar-refractivity contribution in [1.82, 2.24) is 20.0 Å². The maximum Gasteiger partial charge on any atom is 0.251 e. The van der Waals surface area contributed by atoms with Crippen LogP contribution in [0.4, 0.5) is 0 Å². The summed E-state index contributed by atoms with van der Waals surface area (Å²) in [5.74, 6) is -0.288. The van der Waals surface area contributed by atoms with Crippen molar-refractivity contribution >= 4 is 11.8 Å². The monoisotopic (exact) mass is 370 g/mol. The Morgan fingerprint density at radius 1 is 1.30 bits per heavy atom. The van der Waals surface area contributed by atoms with Gasteiger partial charge in [-0.05, 0) is 31.9 Å². The van der Waals surface area contributed by atoms with E-state index in [-0.39, 0.29) is 24.5 Å². The summed E-state index contributed by atoms with van der Waals surface area (Å²) < 4.78 is 7.51. The van der Waals surface area contributed by atoms with Crippen molar-refractivity contribution in [3.8, 4) is 0 Å². The molecule has 0 spiro atoms. The van der Waals surface area contributed by atoms with Gasteiger partial charge >= 0.3 is 0 Å². The van der Waals surface area contributed by atoms with Gasteiger partial charge in [0.25, 0.3) is 5.91 Å². The highest BCUT2D eigenvalue weighted by Gasteiger charge is 2.42. The fraction of sp³-hybridized carbons (Fsp3) is 0.450. The maximum atomic E-state index is 12.8. The fourth-order valence-electron chi connectivity index (χ4n) is 3.43. The Morgan fingerprint density at radius 3 is 2.74 bits per heavy atom. The highest BCUT2D eigenvalue weighted by molar-refractivity contribution is 5.86. The highest BCUT2D eigenvalue weighted by atomic mass is 16.5. The van der Waals surface area contributed by atoms with Crippen LogP contribution in [0.3, 0.4) is 0 Å². The molecule has 1 aliphatic heterocycles. The van der Waals surface area contributed by atoms with Gasteiger partial charge in [-0.15, -0.1) is 0 Å². The molecule has 0 unspecified atom stereocenters. The number of hydrogen-bond donors (Lipinski definition) is 1. The van der Waals surface area contributed by atoms with Crippen LogP contribution in [0.2, 0.25) is 0 Å². The van der Waals surface area contributed by atoms with Crippen molar-refractivity contribution < 1.29 is 14.3 Å². The predicted molar refractivity (Wildman–Crippen MR) is 101 cm³/mol. The largest absolute Gasteiger partial charge is 0.356 e. The van der Waals surface area contributed by atoms with Crippen LogP contribution in [0, 0.1) is 0 Å². The third-order valence-corrected chi connectivity index (χ3v) is 4.64. The van der Waals surface area contributed by atoms with E-state index in [0.29, 0.717) is 6.54 Å². The standard InChI is InChI=1S/C20H26N4O3/c1-15(2)24-17(25)14-27-19(18(24)16-8-4-3-5-9-16)20(26)21-10-6-12-23-13-7-11-22-23/h3-5,7-9,11,13,15,18-19H,6,10,12,14H2,1-2H3,(H,21,26)/t18-,19+/m1/s1. The van der Waals surface area contributed by atoms with E-state index in [2.05, 4.69) is 10.4 Å². The van der Waals surface area contributed by atoms with Gasteiger partial charge in [0.1, 0.15) is 6.61 Å². The van der Waals surface area contributed by atoms with E-state index >= 15 is 0 Å². The number of aromatic nitrogens is 2. The Balaban J connectivity index is 1.69. The molecule has 1 aromatic carbocycles. The number of hydrogen-bond acceptors (Lipinski definition) is 4. The lowest BCUT2D eigenvalue weighted by atomic mass is 9.96. The summed E-state index contributed by atoms with van der Waals surface area (Å²) in [5.41, 5.74) is 0.899. The third kappa shape index (κ3) is 4.54. The van der Waals surface area contributed by atoms with Crippen molar-refractivity contribution in [3.63, 3.8) is 0 Å². The van der Waals surface area contributed by atoms with E-state index in [9.17, 15) is 9.59 Å². The molecule has 1 saturated heterocycles. The van der Waals surface area contributed by atoms with Gasteiger partial charge in [-0.2, -0.15) is 5.10 Å². The number of carbonyl (C=O) groups is 2. The van der Waals surface area contributed by atoms with Crippen LogP contribution in [0.25, 0.3) is 0 Å². The van der Waals surface area contributed by atoms with Gasteiger partial charge in [0, 0.05) is 31.5 Å². The molecule has 0 aliphatic carbocycles. The Bertz CT molecular complexity index is 746. The molecule has 7 heteroatoms. The van der Waals surface area contributed by atoms with E-state index in [0.717, 1.165) is 18.5 Å². The van der Waals surface area contributed by atoms with Gasteiger partial charge in [0.05, 0.1) is 6.04 Å². The zero-order chi connectivity index (χ0) is 19.2. The molecule has 1 aromatic heterocycles. The quantitative estimate of drug-likeness (QED) is 0.754. The second-order valence-electron chi connectivity index (χ2n) is 6.90. The van der Waals surface area contributed by atoms with Crippen LogP contribution in [0.15, 0.2) is 48.8 Å². The normalized spacial score (nSPS) is 20.1. The van der Waals surface area contributed by atoms with Gasteiger partial charge < -0.3 is 15.0 Å². The van der Waals surface area contributed by atoms with Gasteiger partial charge in [0.15, 0.2) is 6.10 Å². The first kappa shape index (κ1) is 19.1. The number of amides is 2. The van der Waals surface area contributed by atoms with Crippen molar-refractivity contribution in [3.05, 3.63) is 54.4 Å². The number of nitrogens with one attached hydrogen (secondary N) is 1. The predicted octanol–water partition coefficient (Wildman–Crippen LogP) is 1.77. The molecule has 0 saturated carbocycles. The first-order valence-electron chi connectivity index (χ1n) is 9.31. The summed E-state index contributed by atoms with van der Waals surface area (Å²) in [6.45, 7) is 5.09. The second-order valence-corrected chi connectivity index (χ2v) is 6.90. The van der Waals surface area contributed by atoms with Gasteiger partial charge in [-0.1, -0.05) is 30.3 Å². The van der Waals surface area contributed by atoms with Gasteiger partial charge in [-0.25, -0.2) is 0 Å². The number of benzene rings is 1. The Morgan fingerprint density at radius 2 is 2.07 bits per heavy atom. The molecular weight excluding hydrogens is 344 g/mol. The maximum absolute atomic E-state index is 12.8. The molecule has 0 bridgehead atoms. The van der Waals surface area contributed by atoms with Crippen LogP contribution in [-0.4, -0.2) is 51.8 Å². The molecule has 3 rings (SSSR count). The molecule has 144 valence electrons. The molecule has 1 N–H and O–H groups in total. The van der Waals surface area contributed by atoms with Crippen LogP contribution < -0.4 is 5.32 Å². The SMILES string of the molecule is CC(C)N1C(=O)CO[C@H](C(=O)NCCCn2cccn2)[C@H]1c1ccccc1. The number of rotatable bonds is 7. The molecular formula is C20H26N4O3. The summed E-state index contributed by atoms with van der Waals surface area (Å²) in [6.07, 6.45) is 3.67. The van der Waals surface area contributed by atoms with Crippen molar-refractivity contribution in [2.75, 3.05) is 13.2 Å². The summed E-state index contributed by atoms with van der Waals surface area (Å²) in [4.78, 5) is 27.0. The first-order valence-corrected chi connectivity index (χ1v) is 9.31. The average Bonchev–Trinajstić information content (AvgIpc) is 3.18. The third-order valence-electron chi connectivity index (χ3n) is 4.64. The number of aryl methyl sites for hydroxylation is 1. The minimum atomic E-state index is -0.725. The highest BCUT2D eigenvalue weighted by Crippen LogP contribution is 2.32. The summed E-state index contributed by atoms with van der Waals surface area (Å²) in [7, 11) is 0.